The van der Waals surface area contributed by atoms with Crippen molar-refractivity contribution in [3.63, 3.8) is 0 Å². The standard InChI is InChI=1S/C11H8ClN3O/c1-2-16-9-5-10(12)15-7-3-4-14-8(6-13)11(7)9/h3-5H,2H2,1H3. The van der Waals surface area contributed by atoms with E-state index in [0.717, 1.165) is 0 Å². The van der Waals surface area contributed by atoms with E-state index in [1.807, 2.05) is 13.0 Å². The molecule has 0 aromatic carbocycles. The Bertz CT molecular complexity index is 577. The molecular formula is C11H8ClN3O. The number of nitrogens with zero attached hydrogens (tertiary/aromatic N) is 3. The van der Waals surface area contributed by atoms with Crippen LogP contribution in [0.4, 0.5) is 0 Å². The molecule has 2 aromatic heterocycles. The zero-order chi connectivity index (χ0) is 11.5. The first-order chi connectivity index (χ1) is 7.76. The summed E-state index contributed by atoms with van der Waals surface area (Å²) in [7, 11) is 0. The van der Waals surface area contributed by atoms with Crippen molar-refractivity contribution in [1.82, 2.24) is 9.97 Å². The zero-order valence-corrected chi connectivity index (χ0v) is 9.32. The van der Waals surface area contributed by atoms with E-state index in [-0.39, 0.29) is 0 Å². The number of rotatable bonds is 2. The fraction of sp³-hybridized carbons (Fsp3) is 0.182. The van der Waals surface area contributed by atoms with Gasteiger partial charge in [-0.3, -0.25) is 0 Å². The molecule has 0 atom stereocenters. The van der Waals surface area contributed by atoms with Crippen molar-refractivity contribution in [2.75, 3.05) is 6.61 Å². The average molecular weight is 234 g/mol. The zero-order valence-electron chi connectivity index (χ0n) is 8.57. The van der Waals surface area contributed by atoms with Crippen LogP contribution in [0.1, 0.15) is 12.6 Å². The minimum atomic E-state index is 0.296. The second-order valence-electron chi connectivity index (χ2n) is 3.04. The Labute approximate surface area is 97.5 Å². The highest BCUT2D eigenvalue weighted by Crippen LogP contribution is 2.29. The Morgan fingerprint density at radius 1 is 1.56 bits per heavy atom. The van der Waals surface area contributed by atoms with Crippen molar-refractivity contribution < 1.29 is 4.74 Å². The molecule has 0 fully saturated rings. The van der Waals surface area contributed by atoms with Gasteiger partial charge in [-0.1, -0.05) is 11.6 Å². The first kappa shape index (κ1) is 10.7. The van der Waals surface area contributed by atoms with Crippen LogP contribution in [0.15, 0.2) is 18.3 Å². The van der Waals surface area contributed by atoms with Gasteiger partial charge in [0.15, 0.2) is 5.69 Å². The van der Waals surface area contributed by atoms with E-state index < -0.39 is 0 Å². The summed E-state index contributed by atoms with van der Waals surface area (Å²) in [5.41, 5.74) is 0.910. The van der Waals surface area contributed by atoms with Gasteiger partial charge >= 0.3 is 0 Å². The van der Waals surface area contributed by atoms with Crippen molar-refractivity contribution >= 4 is 22.5 Å². The number of halogens is 1. The largest absolute Gasteiger partial charge is 0.493 e. The maximum Gasteiger partial charge on any atom is 0.153 e. The van der Waals surface area contributed by atoms with Crippen LogP contribution < -0.4 is 4.74 Å². The fourth-order valence-corrected chi connectivity index (χ4v) is 1.66. The van der Waals surface area contributed by atoms with Gasteiger partial charge in [-0.05, 0) is 13.0 Å². The lowest BCUT2D eigenvalue weighted by Gasteiger charge is -2.08. The van der Waals surface area contributed by atoms with Crippen LogP contribution >= 0.6 is 11.6 Å². The van der Waals surface area contributed by atoms with Gasteiger partial charge in [0.1, 0.15) is 17.0 Å². The molecule has 0 saturated carbocycles. The van der Waals surface area contributed by atoms with E-state index in [9.17, 15) is 0 Å². The molecule has 80 valence electrons. The van der Waals surface area contributed by atoms with Crippen molar-refractivity contribution in [2.24, 2.45) is 0 Å². The second kappa shape index (κ2) is 4.33. The Kier molecular flexibility index (Phi) is 2.88. The van der Waals surface area contributed by atoms with Gasteiger partial charge in [0.05, 0.1) is 17.5 Å². The summed E-state index contributed by atoms with van der Waals surface area (Å²) < 4.78 is 5.43. The molecule has 0 spiro atoms. The summed E-state index contributed by atoms with van der Waals surface area (Å²) >= 11 is 5.86. The van der Waals surface area contributed by atoms with Gasteiger partial charge in [-0.25, -0.2) is 9.97 Å². The summed E-state index contributed by atoms with van der Waals surface area (Å²) in [6.45, 7) is 2.36. The maximum absolute atomic E-state index is 8.97. The van der Waals surface area contributed by atoms with E-state index >= 15 is 0 Å². The van der Waals surface area contributed by atoms with Gasteiger partial charge < -0.3 is 4.74 Å². The van der Waals surface area contributed by atoms with E-state index in [2.05, 4.69) is 9.97 Å². The quantitative estimate of drug-likeness (QED) is 0.748. The lowest BCUT2D eigenvalue weighted by molar-refractivity contribution is 0.344. The highest BCUT2D eigenvalue weighted by atomic mass is 35.5. The lowest BCUT2D eigenvalue weighted by atomic mass is 10.2. The van der Waals surface area contributed by atoms with Crippen molar-refractivity contribution in [2.45, 2.75) is 6.92 Å². The number of hydrogen-bond donors (Lipinski definition) is 0. The summed E-state index contributed by atoms with van der Waals surface area (Å²) in [6.07, 6.45) is 1.53. The lowest BCUT2D eigenvalue weighted by Crippen LogP contribution is -1.96. The third kappa shape index (κ3) is 1.77. The predicted octanol–water partition coefficient (Wildman–Crippen LogP) is 2.55. The maximum atomic E-state index is 8.97. The van der Waals surface area contributed by atoms with Crippen LogP contribution in [0.25, 0.3) is 10.9 Å². The molecule has 0 aliphatic rings. The van der Waals surface area contributed by atoms with Crippen molar-refractivity contribution in [3.05, 3.63) is 29.2 Å². The normalized spacial score (nSPS) is 10.1. The second-order valence-corrected chi connectivity index (χ2v) is 3.43. The molecule has 0 aliphatic heterocycles. The Hall–Kier alpha value is -1.86. The molecule has 5 heteroatoms. The van der Waals surface area contributed by atoms with Crippen molar-refractivity contribution in [3.8, 4) is 11.8 Å². The third-order valence-corrected chi connectivity index (χ3v) is 2.25. The molecule has 16 heavy (non-hydrogen) atoms. The van der Waals surface area contributed by atoms with Gasteiger partial charge in [0.25, 0.3) is 0 Å². The van der Waals surface area contributed by atoms with Gasteiger partial charge in [-0.2, -0.15) is 5.26 Å². The summed E-state index contributed by atoms with van der Waals surface area (Å²) in [5.74, 6) is 0.544. The van der Waals surface area contributed by atoms with Gasteiger partial charge in [-0.15, -0.1) is 0 Å². The average Bonchev–Trinajstić information content (AvgIpc) is 2.28. The van der Waals surface area contributed by atoms with Crippen LogP contribution in [-0.2, 0) is 0 Å². The highest BCUT2D eigenvalue weighted by molar-refractivity contribution is 6.30. The molecule has 0 N–H and O–H groups in total. The molecule has 0 saturated heterocycles. The predicted molar refractivity (Wildman–Crippen MR) is 60.4 cm³/mol. The summed E-state index contributed by atoms with van der Waals surface area (Å²) in [5, 5.41) is 9.92. The Balaban J connectivity index is 2.81. The molecule has 0 bridgehead atoms. The molecule has 2 rings (SSSR count). The van der Waals surface area contributed by atoms with Crippen LogP contribution in [0, 0.1) is 11.3 Å². The van der Waals surface area contributed by atoms with E-state index in [4.69, 9.17) is 21.6 Å². The molecule has 2 heterocycles. The van der Waals surface area contributed by atoms with Crippen LogP contribution in [0.5, 0.6) is 5.75 Å². The van der Waals surface area contributed by atoms with Crippen LogP contribution in [0.3, 0.4) is 0 Å². The molecule has 0 unspecified atom stereocenters. The summed E-state index contributed by atoms with van der Waals surface area (Å²) in [6, 6.07) is 5.31. The first-order valence-corrected chi connectivity index (χ1v) is 5.12. The van der Waals surface area contributed by atoms with Crippen LogP contribution in [0.2, 0.25) is 5.15 Å². The summed E-state index contributed by atoms with van der Waals surface area (Å²) in [4.78, 5) is 8.10. The van der Waals surface area contributed by atoms with Gasteiger partial charge in [0.2, 0.25) is 0 Å². The SMILES string of the molecule is CCOc1cc(Cl)nc2ccnc(C#N)c12. The molecular weight excluding hydrogens is 226 g/mol. The number of aromatic nitrogens is 2. The van der Waals surface area contributed by atoms with E-state index in [1.165, 1.54) is 6.20 Å². The van der Waals surface area contributed by atoms with E-state index in [0.29, 0.717) is 34.1 Å². The Morgan fingerprint density at radius 2 is 2.38 bits per heavy atom. The molecule has 0 amide bonds. The van der Waals surface area contributed by atoms with E-state index in [1.54, 1.807) is 12.1 Å². The number of fused-ring (bicyclic) bond motifs is 1. The van der Waals surface area contributed by atoms with Gasteiger partial charge in [0, 0.05) is 12.3 Å². The molecule has 0 radical (unpaired) electrons. The monoisotopic (exact) mass is 233 g/mol. The number of pyridine rings is 2. The minimum absolute atomic E-state index is 0.296. The number of ether oxygens (including phenoxy) is 1. The highest BCUT2D eigenvalue weighted by Gasteiger charge is 2.10. The third-order valence-electron chi connectivity index (χ3n) is 2.06. The molecule has 4 nitrogen and oxygen atoms in total. The smallest absolute Gasteiger partial charge is 0.153 e. The molecule has 2 aromatic rings. The molecule has 0 aliphatic carbocycles. The fourth-order valence-electron chi connectivity index (χ4n) is 1.47. The van der Waals surface area contributed by atoms with Crippen LogP contribution in [-0.4, -0.2) is 16.6 Å². The number of nitriles is 1. The number of hydrogen-bond acceptors (Lipinski definition) is 4. The first-order valence-electron chi connectivity index (χ1n) is 4.74. The Morgan fingerprint density at radius 3 is 3.06 bits per heavy atom. The van der Waals surface area contributed by atoms with Crippen molar-refractivity contribution in [1.29, 1.82) is 5.26 Å². The topological polar surface area (TPSA) is 58.8 Å². The minimum Gasteiger partial charge on any atom is -0.493 e.